The third-order valence-corrected chi connectivity index (χ3v) is 1.85. The monoisotopic (exact) mass is 241 g/mol. The lowest BCUT2D eigenvalue weighted by Gasteiger charge is -2.00. The third-order valence-electron chi connectivity index (χ3n) is 1.57. The van der Waals surface area contributed by atoms with Crippen molar-refractivity contribution in [3.8, 4) is 0 Å². The molecule has 0 radical (unpaired) electrons. The Morgan fingerprint density at radius 2 is 2.15 bits per heavy atom. The molecule has 0 heterocycles. The normalized spacial score (nSPS) is 9.62. The van der Waals surface area contributed by atoms with Gasteiger partial charge in [0.15, 0.2) is 0 Å². The summed E-state index contributed by atoms with van der Waals surface area (Å²) >= 11 is 3.18. The van der Waals surface area contributed by atoms with Crippen LogP contribution in [0.15, 0.2) is 35.3 Å². The number of allylic oxidation sites excluding steroid dienone is 1. The predicted molar refractivity (Wildman–Crippen MR) is 54.9 cm³/mol. The molecule has 1 aromatic carbocycles. The Labute approximate surface area is 84.4 Å². The van der Waals surface area contributed by atoms with Gasteiger partial charge in [-0.3, -0.25) is 10.1 Å². The van der Waals surface area contributed by atoms with Gasteiger partial charge in [-0.1, -0.05) is 40.7 Å². The molecule has 0 aromatic heterocycles. The summed E-state index contributed by atoms with van der Waals surface area (Å²) in [6, 6.07) is 6.65. The van der Waals surface area contributed by atoms with E-state index in [1.807, 2.05) is 0 Å². The Morgan fingerprint density at radius 1 is 1.54 bits per heavy atom. The fourth-order valence-electron chi connectivity index (χ4n) is 1.05. The summed E-state index contributed by atoms with van der Waals surface area (Å²) in [6.45, 7) is 3.64. The van der Waals surface area contributed by atoms with Crippen LogP contribution in [0.5, 0.6) is 0 Å². The van der Waals surface area contributed by atoms with E-state index >= 15 is 0 Å². The Morgan fingerprint density at radius 3 is 2.69 bits per heavy atom. The molecule has 0 aliphatic rings. The van der Waals surface area contributed by atoms with Crippen molar-refractivity contribution >= 4 is 21.6 Å². The van der Waals surface area contributed by atoms with Crippen LogP contribution in [0.4, 0.5) is 5.69 Å². The largest absolute Gasteiger partial charge is 0.272 e. The van der Waals surface area contributed by atoms with Crippen LogP contribution in [-0.2, 0) is 6.42 Å². The smallest absolute Gasteiger partial charge is 0.258 e. The van der Waals surface area contributed by atoms with Gasteiger partial charge >= 0.3 is 0 Å². The van der Waals surface area contributed by atoms with E-state index in [0.717, 1.165) is 4.48 Å². The van der Waals surface area contributed by atoms with Gasteiger partial charge in [0.05, 0.1) is 4.92 Å². The van der Waals surface area contributed by atoms with E-state index in [1.165, 1.54) is 6.07 Å². The van der Waals surface area contributed by atoms with Crippen LogP contribution in [0.3, 0.4) is 0 Å². The van der Waals surface area contributed by atoms with Gasteiger partial charge < -0.3 is 0 Å². The van der Waals surface area contributed by atoms with Crippen LogP contribution in [0.2, 0.25) is 0 Å². The summed E-state index contributed by atoms with van der Waals surface area (Å²) in [5.74, 6) is 0. The van der Waals surface area contributed by atoms with Crippen molar-refractivity contribution in [1.29, 1.82) is 0 Å². The summed E-state index contributed by atoms with van der Waals surface area (Å²) in [5.41, 5.74) is 0.817. The van der Waals surface area contributed by atoms with E-state index in [4.69, 9.17) is 0 Å². The highest BCUT2D eigenvalue weighted by Crippen LogP contribution is 2.21. The molecule has 0 saturated carbocycles. The minimum atomic E-state index is -0.384. The number of nitrogens with zero attached hydrogens (tertiary/aromatic N) is 1. The lowest BCUT2D eigenvalue weighted by molar-refractivity contribution is -0.385. The number of halogens is 1. The number of rotatable bonds is 3. The molecule has 0 spiro atoms. The molecular weight excluding hydrogens is 234 g/mol. The van der Waals surface area contributed by atoms with Crippen LogP contribution >= 0.6 is 15.9 Å². The molecule has 0 unspecified atom stereocenters. The standard InChI is InChI=1S/C9H8BrNO2/c1-7(10)6-8-4-2-3-5-9(8)11(12)13/h2-5H,1,6H2. The third kappa shape index (κ3) is 2.66. The number of nitro benzene ring substituents is 1. The number of nitro groups is 1. The second-order valence-corrected chi connectivity index (χ2v) is 3.70. The fourth-order valence-corrected chi connectivity index (χ4v) is 1.35. The molecule has 13 heavy (non-hydrogen) atoms. The molecule has 68 valence electrons. The zero-order valence-corrected chi connectivity index (χ0v) is 8.45. The Balaban J connectivity index is 3.04. The quantitative estimate of drug-likeness (QED) is 0.603. The van der Waals surface area contributed by atoms with E-state index in [9.17, 15) is 10.1 Å². The minimum Gasteiger partial charge on any atom is -0.258 e. The van der Waals surface area contributed by atoms with Crippen LogP contribution in [0.1, 0.15) is 5.56 Å². The summed E-state index contributed by atoms with van der Waals surface area (Å²) in [4.78, 5) is 10.2. The van der Waals surface area contributed by atoms with Crippen molar-refractivity contribution in [2.75, 3.05) is 0 Å². The van der Waals surface area contributed by atoms with E-state index in [-0.39, 0.29) is 10.6 Å². The van der Waals surface area contributed by atoms with Gasteiger partial charge in [-0.25, -0.2) is 0 Å². The highest BCUT2D eigenvalue weighted by Gasteiger charge is 2.11. The summed E-state index contributed by atoms with van der Waals surface area (Å²) in [6.07, 6.45) is 0.483. The molecule has 1 aromatic rings. The summed E-state index contributed by atoms with van der Waals surface area (Å²) in [7, 11) is 0. The van der Waals surface area contributed by atoms with Crippen LogP contribution in [-0.4, -0.2) is 4.92 Å². The maximum atomic E-state index is 10.6. The molecular formula is C9H8BrNO2. The Bertz CT molecular complexity index is 349. The van der Waals surface area contributed by atoms with E-state index < -0.39 is 0 Å². The molecule has 0 aliphatic heterocycles. The van der Waals surface area contributed by atoms with Gasteiger partial charge in [-0.15, -0.1) is 0 Å². The summed E-state index contributed by atoms with van der Waals surface area (Å²) < 4.78 is 0.738. The van der Waals surface area contributed by atoms with Gasteiger partial charge in [0, 0.05) is 18.1 Å². The van der Waals surface area contributed by atoms with E-state index in [2.05, 4.69) is 22.5 Å². The average molecular weight is 242 g/mol. The number of para-hydroxylation sites is 1. The first-order valence-electron chi connectivity index (χ1n) is 3.67. The number of benzene rings is 1. The van der Waals surface area contributed by atoms with Gasteiger partial charge in [-0.05, 0) is 4.48 Å². The van der Waals surface area contributed by atoms with Crippen LogP contribution in [0, 0.1) is 10.1 Å². The molecule has 1 rings (SSSR count). The first-order valence-corrected chi connectivity index (χ1v) is 4.46. The van der Waals surface area contributed by atoms with Gasteiger partial charge in [0.1, 0.15) is 0 Å². The maximum Gasteiger partial charge on any atom is 0.272 e. The minimum absolute atomic E-state index is 0.142. The zero-order chi connectivity index (χ0) is 9.84. The van der Waals surface area contributed by atoms with Crippen LogP contribution in [0.25, 0.3) is 0 Å². The molecule has 0 amide bonds. The van der Waals surface area contributed by atoms with Crippen molar-refractivity contribution in [3.05, 3.63) is 51.0 Å². The molecule has 0 saturated heterocycles. The van der Waals surface area contributed by atoms with Gasteiger partial charge in [-0.2, -0.15) is 0 Å². The fraction of sp³-hybridized carbons (Fsp3) is 0.111. The highest BCUT2D eigenvalue weighted by molar-refractivity contribution is 9.11. The van der Waals surface area contributed by atoms with Crippen molar-refractivity contribution in [3.63, 3.8) is 0 Å². The lowest BCUT2D eigenvalue weighted by atomic mass is 10.1. The SMILES string of the molecule is C=C(Br)Cc1ccccc1[N+](=O)[O-]. The van der Waals surface area contributed by atoms with E-state index in [0.29, 0.717) is 12.0 Å². The highest BCUT2D eigenvalue weighted by atomic mass is 79.9. The molecule has 3 nitrogen and oxygen atoms in total. The lowest BCUT2D eigenvalue weighted by Crippen LogP contribution is -1.94. The zero-order valence-electron chi connectivity index (χ0n) is 6.87. The topological polar surface area (TPSA) is 43.1 Å². The second-order valence-electron chi connectivity index (χ2n) is 2.58. The predicted octanol–water partition coefficient (Wildman–Crippen LogP) is 3.05. The van der Waals surface area contributed by atoms with Crippen molar-refractivity contribution in [2.24, 2.45) is 0 Å². The van der Waals surface area contributed by atoms with Crippen molar-refractivity contribution in [2.45, 2.75) is 6.42 Å². The second kappa shape index (κ2) is 4.18. The molecule has 0 N–H and O–H groups in total. The van der Waals surface area contributed by atoms with Crippen molar-refractivity contribution in [1.82, 2.24) is 0 Å². The summed E-state index contributed by atoms with van der Waals surface area (Å²) in [5, 5.41) is 10.6. The molecule has 4 heteroatoms. The number of hydrogen-bond acceptors (Lipinski definition) is 2. The van der Waals surface area contributed by atoms with E-state index in [1.54, 1.807) is 18.2 Å². The molecule has 0 fully saturated rings. The average Bonchev–Trinajstić information content (AvgIpc) is 2.03. The molecule has 0 bridgehead atoms. The number of hydrogen-bond donors (Lipinski definition) is 0. The van der Waals surface area contributed by atoms with Gasteiger partial charge in [0.2, 0.25) is 0 Å². The van der Waals surface area contributed by atoms with Crippen molar-refractivity contribution < 1.29 is 4.92 Å². The van der Waals surface area contributed by atoms with Crippen LogP contribution < -0.4 is 0 Å². The molecule has 0 atom stereocenters. The van der Waals surface area contributed by atoms with Gasteiger partial charge in [0.25, 0.3) is 5.69 Å². The first kappa shape index (κ1) is 9.92. The Hall–Kier alpha value is -1.16. The maximum absolute atomic E-state index is 10.6. The molecule has 0 aliphatic carbocycles. The first-order chi connectivity index (χ1) is 6.11. The Kier molecular flexibility index (Phi) is 3.19.